The number of furan rings is 1. The third kappa shape index (κ3) is 2.82. The lowest BCUT2D eigenvalue weighted by Crippen LogP contribution is -2.48. The van der Waals surface area contributed by atoms with Crippen LogP contribution in [0, 0.1) is 0 Å². The number of hydrogen-bond acceptors (Lipinski definition) is 3. The predicted octanol–water partition coefficient (Wildman–Crippen LogP) is 2.76. The van der Waals surface area contributed by atoms with Crippen molar-refractivity contribution in [3.8, 4) is 0 Å². The molecule has 0 saturated heterocycles. The Morgan fingerprint density at radius 3 is 2.45 bits per heavy atom. The molecule has 0 unspecified atom stereocenters. The first-order chi connectivity index (χ1) is 9.29. The van der Waals surface area contributed by atoms with Gasteiger partial charge in [-0.25, -0.2) is 0 Å². The highest BCUT2D eigenvalue weighted by molar-refractivity contribution is 5.97. The van der Waals surface area contributed by atoms with E-state index >= 15 is 0 Å². The van der Waals surface area contributed by atoms with Crippen LogP contribution in [0.1, 0.15) is 31.3 Å². The Labute approximate surface area is 116 Å². The summed E-state index contributed by atoms with van der Waals surface area (Å²) >= 11 is 0. The van der Waals surface area contributed by atoms with Crippen LogP contribution in [0.4, 0.5) is 0 Å². The minimum absolute atomic E-state index is 0.155. The molecule has 2 rings (SSSR count). The molecule has 1 aromatic heterocycles. The highest BCUT2D eigenvalue weighted by Gasteiger charge is 2.31. The average molecular weight is 275 g/mol. The number of carboxylic acids is 1. The van der Waals surface area contributed by atoms with Crippen LogP contribution in [0.5, 0.6) is 0 Å². The van der Waals surface area contributed by atoms with Crippen LogP contribution in [0.25, 0.3) is 11.0 Å². The van der Waals surface area contributed by atoms with E-state index in [0.717, 1.165) is 5.39 Å². The Hall–Kier alpha value is -2.30. The Balaban J connectivity index is 2.38. The molecule has 1 aromatic carbocycles. The summed E-state index contributed by atoms with van der Waals surface area (Å²) in [6.45, 7) is 5.00. The molecule has 0 bridgehead atoms. The Morgan fingerprint density at radius 1 is 1.25 bits per heavy atom. The largest absolute Gasteiger partial charge is 0.480 e. The quantitative estimate of drug-likeness (QED) is 0.935. The van der Waals surface area contributed by atoms with E-state index < -0.39 is 17.4 Å². The monoisotopic (exact) mass is 275 g/mol. The molecule has 0 aliphatic heterocycles. The molecule has 0 aliphatic carbocycles. The number of aliphatic carboxylic acids is 1. The first kappa shape index (κ1) is 14.1. The Kier molecular flexibility index (Phi) is 3.53. The molecule has 20 heavy (non-hydrogen) atoms. The smallest absolute Gasteiger partial charge is 0.323 e. The summed E-state index contributed by atoms with van der Waals surface area (Å²) < 4.78 is 5.50. The van der Waals surface area contributed by atoms with Crippen molar-refractivity contribution >= 4 is 22.8 Å². The summed E-state index contributed by atoms with van der Waals surface area (Å²) in [5.41, 5.74) is 0.00841. The van der Waals surface area contributed by atoms with Gasteiger partial charge in [0, 0.05) is 10.9 Å². The average Bonchev–Trinajstić information content (AvgIpc) is 2.77. The zero-order chi connectivity index (χ0) is 14.9. The number of nitrogens with zero attached hydrogens (tertiary/aromatic N) is 1. The summed E-state index contributed by atoms with van der Waals surface area (Å²) in [5, 5.41) is 9.78. The van der Waals surface area contributed by atoms with E-state index in [4.69, 9.17) is 9.52 Å². The summed E-state index contributed by atoms with van der Waals surface area (Å²) in [7, 11) is 0. The second kappa shape index (κ2) is 5.00. The Morgan fingerprint density at radius 2 is 1.90 bits per heavy atom. The molecule has 0 radical (unpaired) electrons. The summed E-state index contributed by atoms with van der Waals surface area (Å²) in [6.07, 6.45) is 0. The van der Waals surface area contributed by atoms with E-state index in [-0.39, 0.29) is 12.3 Å². The van der Waals surface area contributed by atoms with E-state index in [1.807, 2.05) is 18.2 Å². The molecule has 106 valence electrons. The molecular weight excluding hydrogens is 258 g/mol. The van der Waals surface area contributed by atoms with Gasteiger partial charge < -0.3 is 14.4 Å². The van der Waals surface area contributed by atoms with Crippen molar-refractivity contribution in [1.29, 1.82) is 0 Å². The van der Waals surface area contributed by atoms with E-state index in [1.165, 1.54) is 4.90 Å². The van der Waals surface area contributed by atoms with Crippen molar-refractivity contribution in [2.24, 2.45) is 0 Å². The number of carboxylic acid groups (broad SMARTS) is 1. The van der Waals surface area contributed by atoms with Crippen molar-refractivity contribution in [2.75, 3.05) is 6.54 Å². The first-order valence-electron chi connectivity index (χ1n) is 6.31. The number of fused-ring (bicyclic) bond motifs is 1. The van der Waals surface area contributed by atoms with Crippen molar-refractivity contribution in [2.45, 2.75) is 26.3 Å². The van der Waals surface area contributed by atoms with E-state index in [1.54, 1.807) is 32.9 Å². The highest BCUT2D eigenvalue weighted by Crippen LogP contribution is 2.23. The van der Waals surface area contributed by atoms with Gasteiger partial charge in [0.15, 0.2) is 5.76 Å². The number of carbonyl (C=O) groups excluding carboxylic acids is 1. The molecule has 0 atom stereocenters. The minimum atomic E-state index is -1.05. The fraction of sp³-hybridized carbons (Fsp3) is 0.333. The second-order valence-electron chi connectivity index (χ2n) is 5.60. The molecule has 0 aliphatic rings. The zero-order valence-corrected chi connectivity index (χ0v) is 11.7. The molecule has 0 spiro atoms. The number of carbonyl (C=O) groups is 2. The number of para-hydroxylation sites is 1. The normalized spacial score (nSPS) is 11.6. The van der Waals surface area contributed by atoms with E-state index in [2.05, 4.69) is 0 Å². The van der Waals surface area contributed by atoms with Crippen molar-refractivity contribution in [1.82, 2.24) is 4.90 Å². The van der Waals surface area contributed by atoms with Gasteiger partial charge in [0.25, 0.3) is 5.91 Å². The van der Waals surface area contributed by atoms with Crippen LogP contribution in [0.2, 0.25) is 0 Å². The van der Waals surface area contributed by atoms with E-state index in [0.29, 0.717) is 5.58 Å². The minimum Gasteiger partial charge on any atom is -0.480 e. The third-order valence-electron chi connectivity index (χ3n) is 2.98. The number of hydrogen-bond donors (Lipinski definition) is 1. The van der Waals surface area contributed by atoms with Gasteiger partial charge in [-0.3, -0.25) is 9.59 Å². The molecule has 1 heterocycles. The van der Waals surface area contributed by atoms with Crippen LogP contribution in [0.3, 0.4) is 0 Å². The summed E-state index contributed by atoms with van der Waals surface area (Å²) in [4.78, 5) is 24.7. The molecule has 5 heteroatoms. The second-order valence-corrected chi connectivity index (χ2v) is 5.60. The van der Waals surface area contributed by atoms with Gasteiger partial charge in [0.05, 0.1) is 0 Å². The lowest BCUT2D eigenvalue weighted by Gasteiger charge is -2.33. The summed E-state index contributed by atoms with van der Waals surface area (Å²) in [5.74, 6) is -1.32. The third-order valence-corrected chi connectivity index (χ3v) is 2.98. The van der Waals surface area contributed by atoms with Gasteiger partial charge in [-0.1, -0.05) is 18.2 Å². The number of rotatable bonds is 3. The molecule has 1 N–H and O–H groups in total. The maximum absolute atomic E-state index is 12.5. The standard InChI is InChI=1S/C15H17NO4/c1-15(2,3)16(9-13(17)18)14(19)12-8-10-6-4-5-7-11(10)20-12/h4-8H,9H2,1-3H3,(H,17,18). The predicted molar refractivity (Wildman–Crippen MR) is 74.6 cm³/mol. The SMILES string of the molecule is CC(C)(C)N(CC(=O)O)C(=O)c1cc2ccccc2o1. The zero-order valence-electron chi connectivity index (χ0n) is 11.7. The van der Waals surface area contributed by atoms with Crippen LogP contribution < -0.4 is 0 Å². The van der Waals surface area contributed by atoms with Gasteiger partial charge >= 0.3 is 5.97 Å². The molecule has 2 aromatic rings. The number of amides is 1. The summed E-state index contributed by atoms with van der Waals surface area (Å²) in [6, 6.07) is 8.92. The topological polar surface area (TPSA) is 70.8 Å². The van der Waals surface area contributed by atoms with Crippen LogP contribution in [-0.2, 0) is 4.79 Å². The van der Waals surface area contributed by atoms with Crippen molar-refractivity contribution in [3.05, 3.63) is 36.1 Å². The van der Waals surface area contributed by atoms with E-state index in [9.17, 15) is 9.59 Å². The fourth-order valence-corrected chi connectivity index (χ4v) is 1.97. The van der Waals surface area contributed by atoms with Crippen LogP contribution in [-0.4, -0.2) is 34.0 Å². The first-order valence-corrected chi connectivity index (χ1v) is 6.31. The van der Waals surface area contributed by atoms with Gasteiger partial charge in [-0.05, 0) is 32.9 Å². The van der Waals surface area contributed by atoms with Crippen LogP contribution >= 0.6 is 0 Å². The Bertz CT molecular complexity index is 618. The van der Waals surface area contributed by atoms with Gasteiger partial charge in [-0.2, -0.15) is 0 Å². The van der Waals surface area contributed by atoms with Crippen LogP contribution in [0.15, 0.2) is 34.7 Å². The molecular formula is C15H17NO4. The maximum Gasteiger partial charge on any atom is 0.323 e. The molecule has 0 fully saturated rings. The highest BCUT2D eigenvalue weighted by atomic mass is 16.4. The lowest BCUT2D eigenvalue weighted by atomic mass is 10.1. The molecule has 5 nitrogen and oxygen atoms in total. The fourth-order valence-electron chi connectivity index (χ4n) is 1.97. The molecule has 0 saturated carbocycles. The molecule has 1 amide bonds. The van der Waals surface area contributed by atoms with Gasteiger partial charge in [0.2, 0.25) is 0 Å². The van der Waals surface area contributed by atoms with Crippen molar-refractivity contribution < 1.29 is 19.1 Å². The maximum atomic E-state index is 12.5. The van der Waals surface area contributed by atoms with Crippen molar-refractivity contribution in [3.63, 3.8) is 0 Å². The van der Waals surface area contributed by atoms with Gasteiger partial charge in [-0.15, -0.1) is 0 Å². The number of benzene rings is 1. The van der Waals surface area contributed by atoms with Gasteiger partial charge in [0.1, 0.15) is 12.1 Å². The lowest BCUT2D eigenvalue weighted by molar-refractivity contribution is -0.138.